The van der Waals surface area contributed by atoms with Crippen molar-refractivity contribution in [3.05, 3.63) is 29.8 Å². The normalized spacial score (nSPS) is 15.2. The molecule has 0 aliphatic carbocycles. The van der Waals surface area contributed by atoms with Crippen molar-refractivity contribution in [1.29, 1.82) is 0 Å². The predicted molar refractivity (Wildman–Crippen MR) is 137 cm³/mol. The number of hydrogen-bond donors (Lipinski definition) is 8. The number of carboxylic acids is 1. The van der Waals surface area contributed by atoms with Crippen LogP contribution >= 0.6 is 0 Å². The first-order chi connectivity index (χ1) is 17.3. The fraction of sp³-hybridized carbons (Fsp3) is 0.600. The van der Waals surface area contributed by atoms with E-state index < -0.39 is 54.0 Å². The van der Waals surface area contributed by atoms with E-state index in [1.165, 1.54) is 19.1 Å². The van der Waals surface area contributed by atoms with Crippen molar-refractivity contribution in [2.45, 2.75) is 83.1 Å². The van der Waals surface area contributed by atoms with Gasteiger partial charge in [0, 0.05) is 0 Å². The molecule has 0 aliphatic rings. The lowest BCUT2D eigenvalue weighted by molar-refractivity contribution is -0.145. The second kappa shape index (κ2) is 15.8. The molecule has 1 aromatic rings. The molecule has 0 aromatic heterocycles. The summed E-state index contributed by atoms with van der Waals surface area (Å²) in [6.07, 6.45) is 0.429. The van der Waals surface area contributed by atoms with Gasteiger partial charge in [0.25, 0.3) is 0 Å². The highest BCUT2D eigenvalue weighted by atomic mass is 16.4. The molecule has 0 bridgehead atoms. The van der Waals surface area contributed by atoms with Gasteiger partial charge in [-0.1, -0.05) is 26.0 Å². The summed E-state index contributed by atoms with van der Waals surface area (Å²) >= 11 is 0. The minimum atomic E-state index is -1.54. The smallest absolute Gasteiger partial charge is 0.328 e. The maximum Gasteiger partial charge on any atom is 0.328 e. The third-order valence-electron chi connectivity index (χ3n) is 5.69. The van der Waals surface area contributed by atoms with Gasteiger partial charge in [0.2, 0.25) is 17.7 Å². The average molecular weight is 524 g/mol. The zero-order valence-electron chi connectivity index (χ0n) is 21.6. The highest BCUT2D eigenvalue weighted by Crippen LogP contribution is 2.12. The van der Waals surface area contributed by atoms with Crippen LogP contribution in [0.5, 0.6) is 5.75 Å². The Morgan fingerprint density at radius 2 is 1.46 bits per heavy atom. The number of nitrogens with two attached hydrogens (primary N) is 2. The van der Waals surface area contributed by atoms with Crippen LogP contribution in [0.2, 0.25) is 0 Å². The highest BCUT2D eigenvalue weighted by molar-refractivity contribution is 5.94. The molecule has 3 amide bonds. The Bertz CT molecular complexity index is 892. The summed E-state index contributed by atoms with van der Waals surface area (Å²) in [4.78, 5) is 50.2. The van der Waals surface area contributed by atoms with Crippen LogP contribution in [0.1, 0.15) is 52.0 Å². The van der Waals surface area contributed by atoms with E-state index in [2.05, 4.69) is 16.0 Å². The molecule has 1 aromatic carbocycles. The van der Waals surface area contributed by atoms with Gasteiger partial charge in [0.05, 0.1) is 12.1 Å². The summed E-state index contributed by atoms with van der Waals surface area (Å²) in [6, 6.07) is 1.64. The number of nitrogens with one attached hydrogen (secondary N) is 3. The Kier molecular flexibility index (Phi) is 13.6. The van der Waals surface area contributed by atoms with Crippen LogP contribution in [0, 0.1) is 5.92 Å². The summed E-state index contributed by atoms with van der Waals surface area (Å²) in [5.41, 5.74) is 12.3. The van der Waals surface area contributed by atoms with E-state index in [1.54, 1.807) is 12.1 Å². The number of aliphatic hydroxyl groups is 1. The molecule has 0 fully saturated rings. The van der Waals surface area contributed by atoms with Crippen LogP contribution in [0.15, 0.2) is 24.3 Å². The summed E-state index contributed by atoms with van der Waals surface area (Å²) < 4.78 is 0. The number of hydrogen-bond acceptors (Lipinski definition) is 8. The van der Waals surface area contributed by atoms with Crippen LogP contribution in [0.3, 0.4) is 0 Å². The molecule has 12 heteroatoms. The van der Waals surface area contributed by atoms with Gasteiger partial charge in [-0.3, -0.25) is 14.4 Å². The zero-order chi connectivity index (χ0) is 28.1. The van der Waals surface area contributed by atoms with Crippen LogP contribution < -0.4 is 27.4 Å². The molecule has 37 heavy (non-hydrogen) atoms. The van der Waals surface area contributed by atoms with Gasteiger partial charge in [-0.25, -0.2) is 4.79 Å². The molecular weight excluding hydrogens is 482 g/mol. The zero-order valence-corrected chi connectivity index (χ0v) is 21.6. The Balaban J connectivity index is 2.97. The fourth-order valence-electron chi connectivity index (χ4n) is 3.64. The fourth-order valence-corrected chi connectivity index (χ4v) is 3.64. The summed E-state index contributed by atoms with van der Waals surface area (Å²) in [5.74, 6) is -3.30. The lowest BCUT2D eigenvalue weighted by Gasteiger charge is -2.26. The number of aromatic hydroxyl groups is 1. The third-order valence-corrected chi connectivity index (χ3v) is 5.69. The van der Waals surface area contributed by atoms with Crippen molar-refractivity contribution in [2.75, 3.05) is 6.54 Å². The molecule has 0 radical (unpaired) electrons. The van der Waals surface area contributed by atoms with Crippen molar-refractivity contribution in [3.8, 4) is 5.75 Å². The summed E-state index contributed by atoms with van der Waals surface area (Å²) in [5, 5.41) is 35.9. The minimum Gasteiger partial charge on any atom is -0.508 e. The third kappa shape index (κ3) is 11.6. The number of phenols is 1. The summed E-state index contributed by atoms with van der Waals surface area (Å²) in [6.45, 7) is 5.30. The number of carbonyl (C=O) groups is 4. The van der Waals surface area contributed by atoms with E-state index in [-0.39, 0.29) is 30.9 Å². The van der Waals surface area contributed by atoms with Crippen molar-refractivity contribution in [2.24, 2.45) is 17.4 Å². The predicted octanol–water partition coefficient (Wildman–Crippen LogP) is -0.643. The molecule has 0 saturated heterocycles. The first-order valence-electron chi connectivity index (χ1n) is 12.4. The average Bonchev–Trinajstić information content (AvgIpc) is 2.81. The molecule has 0 aliphatic heterocycles. The van der Waals surface area contributed by atoms with Gasteiger partial charge in [-0.15, -0.1) is 0 Å². The molecule has 0 heterocycles. The van der Waals surface area contributed by atoms with Crippen LogP contribution in [-0.2, 0) is 25.6 Å². The number of unbranched alkanes of at least 4 members (excludes halogenated alkanes) is 1. The number of carboxylic acid groups (broad SMARTS) is 1. The molecule has 0 spiro atoms. The molecular formula is C25H41N5O7. The Hall–Kier alpha value is -3.22. The number of amides is 3. The number of carbonyl (C=O) groups excluding carboxylic acids is 3. The van der Waals surface area contributed by atoms with Crippen molar-refractivity contribution < 1.29 is 34.5 Å². The second-order valence-electron chi connectivity index (χ2n) is 9.58. The van der Waals surface area contributed by atoms with Crippen molar-refractivity contribution in [3.63, 3.8) is 0 Å². The Morgan fingerprint density at radius 1 is 0.892 bits per heavy atom. The quantitative estimate of drug-likeness (QED) is 0.129. The van der Waals surface area contributed by atoms with Gasteiger partial charge in [-0.05, 0) is 69.2 Å². The highest BCUT2D eigenvalue weighted by Gasteiger charge is 2.32. The van der Waals surface area contributed by atoms with Crippen molar-refractivity contribution in [1.82, 2.24) is 16.0 Å². The topological polar surface area (TPSA) is 217 Å². The monoisotopic (exact) mass is 523 g/mol. The maximum atomic E-state index is 13.2. The van der Waals surface area contributed by atoms with Crippen LogP contribution in [-0.4, -0.2) is 75.8 Å². The SMILES string of the molecule is CC(C)CC(NC(=O)C(CCCCN)NC(=O)C(N)Cc1ccc(O)cc1)C(=O)NC(C(=O)O)C(C)O. The molecule has 208 valence electrons. The van der Waals surface area contributed by atoms with Crippen molar-refractivity contribution >= 4 is 23.7 Å². The van der Waals surface area contributed by atoms with E-state index in [0.717, 1.165) is 5.56 Å². The van der Waals surface area contributed by atoms with Gasteiger partial charge < -0.3 is 42.7 Å². The largest absolute Gasteiger partial charge is 0.508 e. The van der Waals surface area contributed by atoms with E-state index in [4.69, 9.17) is 11.5 Å². The number of benzene rings is 1. The lowest BCUT2D eigenvalue weighted by atomic mass is 10.0. The van der Waals surface area contributed by atoms with E-state index >= 15 is 0 Å². The van der Waals surface area contributed by atoms with Crippen LogP contribution in [0.25, 0.3) is 0 Å². The molecule has 10 N–H and O–H groups in total. The first-order valence-corrected chi connectivity index (χ1v) is 12.4. The molecule has 5 unspecified atom stereocenters. The van der Waals surface area contributed by atoms with Gasteiger partial charge in [0.15, 0.2) is 6.04 Å². The summed E-state index contributed by atoms with van der Waals surface area (Å²) in [7, 11) is 0. The Morgan fingerprint density at radius 3 is 1.97 bits per heavy atom. The van der Waals surface area contributed by atoms with Crippen LogP contribution in [0.4, 0.5) is 0 Å². The molecule has 1 rings (SSSR count). The second-order valence-corrected chi connectivity index (χ2v) is 9.58. The standard InChI is InChI=1S/C25H41N5O7/c1-14(2)12-20(24(35)30-21(15(3)31)25(36)37)29-23(34)19(6-4-5-11-26)28-22(33)18(27)13-16-7-9-17(32)10-8-16/h7-10,14-15,18-21,31-32H,4-6,11-13,26-27H2,1-3H3,(H,28,33)(H,29,34)(H,30,35)(H,36,37). The van der Waals surface area contributed by atoms with Gasteiger partial charge >= 0.3 is 5.97 Å². The van der Waals surface area contributed by atoms with Gasteiger partial charge in [0.1, 0.15) is 17.8 Å². The van der Waals surface area contributed by atoms with E-state index in [9.17, 15) is 34.5 Å². The lowest BCUT2D eigenvalue weighted by Crippen LogP contribution is -2.58. The van der Waals surface area contributed by atoms with E-state index in [1.807, 2.05) is 13.8 Å². The molecule has 12 nitrogen and oxygen atoms in total. The molecule has 5 atom stereocenters. The molecule has 0 saturated carbocycles. The Labute approximate surface area is 217 Å². The number of aliphatic carboxylic acids is 1. The number of aliphatic hydroxyl groups excluding tert-OH is 1. The van der Waals surface area contributed by atoms with E-state index in [0.29, 0.717) is 19.4 Å². The maximum absolute atomic E-state index is 13.2. The minimum absolute atomic E-state index is 0.0325. The first kappa shape index (κ1) is 31.8. The number of phenolic OH excluding ortho intramolecular Hbond substituents is 1. The van der Waals surface area contributed by atoms with Gasteiger partial charge in [-0.2, -0.15) is 0 Å². The number of rotatable bonds is 16.